The van der Waals surface area contributed by atoms with Crippen LogP contribution in [0.3, 0.4) is 0 Å². The SMILES string of the molecule is COc1cccc(CCNC(=O)CC(=O)NCCN(C)C)c1. The van der Waals surface area contributed by atoms with Crippen molar-refractivity contribution in [3.63, 3.8) is 0 Å². The van der Waals surface area contributed by atoms with E-state index in [0.717, 1.165) is 17.9 Å². The van der Waals surface area contributed by atoms with Crippen LogP contribution >= 0.6 is 0 Å². The molecule has 2 N–H and O–H groups in total. The fraction of sp³-hybridized carbons (Fsp3) is 0.500. The summed E-state index contributed by atoms with van der Waals surface area (Å²) in [6.45, 7) is 1.79. The van der Waals surface area contributed by atoms with Crippen molar-refractivity contribution in [2.45, 2.75) is 12.8 Å². The topological polar surface area (TPSA) is 70.7 Å². The Morgan fingerprint density at radius 2 is 1.82 bits per heavy atom. The van der Waals surface area contributed by atoms with E-state index in [2.05, 4.69) is 10.6 Å². The van der Waals surface area contributed by atoms with Crippen molar-refractivity contribution in [2.75, 3.05) is 40.8 Å². The zero-order valence-electron chi connectivity index (χ0n) is 13.5. The van der Waals surface area contributed by atoms with Gasteiger partial charge in [-0.1, -0.05) is 12.1 Å². The van der Waals surface area contributed by atoms with E-state index in [-0.39, 0.29) is 18.2 Å². The molecule has 2 amide bonds. The fourth-order valence-corrected chi connectivity index (χ4v) is 1.86. The van der Waals surface area contributed by atoms with Crippen molar-refractivity contribution in [2.24, 2.45) is 0 Å². The first-order valence-electron chi connectivity index (χ1n) is 7.32. The van der Waals surface area contributed by atoms with Gasteiger partial charge in [-0.15, -0.1) is 0 Å². The van der Waals surface area contributed by atoms with E-state index in [1.54, 1.807) is 7.11 Å². The monoisotopic (exact) mass is 307 g/mol. The predicted molar refractivity (Wildman–Crippen MR) is 85.9 cm³/mol. The molecule has 0 bridgehead atoms. The van der Waals surface area contributed by atoms with E-state index in [9.17, 15) is 9.59 Å². The van der Waals surface area contributed by atoms with Gasteiger partial charge in [0.25, 0.3) is 0 Å². The van der Waals surface area contributed by atoms with Crippen molar-refractivity contribution >= 4 is 11.8 Å². The van der Waals surface area contributed by atoms with Gasteiger partial charge in [-0.2, -0.15) is 0 Å². The summed E-state index contributed by atoms with van der Waals surface area (Å²) in [7, 11) is 5.48. The first-order valence-corrected chi connectivity index (χ1v) is 7.32. The van der Waals surface area contributed by atoms with E-state index in [1.807, 2.05) is 43.3 Å². The highest BCUT2D eigenvalue weighted by Crippen LogP contribution is 2.12. The number of nitrogens with one attached hydrogen (secondary N) is 2. The summed E-state index contributed by atoms with van der Waals surface area (Å²) in [4.78, 5) is 25.2. The van der Waals surface area contributed by atoms with Crippen molar-refractivity contribution in [3.8, 4) is 5.75 Å². The normalized spacial score (nSPS) is 10.4. The number of likely N-dealkylation sites (N-methyl/N-ethyl adjacent to an activating group) is 1. The smallest absolute Gasteiger partial charge is 0.229 e. The van der Waals surface area contributed by atoms with Gasteiger partial charge in [0.2, 0.25) is 11.8 Å². The molecule has 1 rings (SSSR count). The summed E-state index contributed by atoms with van der Waals surface area (Å²) in [6.07, 6.45) is 0.566. The Kier molecular flexibility index (Phi) is 7.99. The maximum Gasteiger partial charge on any atom is 0.229 e. The van der Waals surface area contributed by atoms with E-state index >= 15 is 0 Å². The minimum Gasteiger partial charge on any atom is -0.497 e. The molecule has 0 fully saturated rings. The van der Waals surface area contributed by atoms with Gasteiger partial charge in [0.05, 0.1) is 7.11 Å². The number of carbonyl (C=O) groups excluding carboxylic acids is 2. The number of carbonyl (C=O) groups is 2. The average molecular weight is 307 g/mol. The van der Waals surface area contributed by atoms with Gasteiger partial charge in [-0.25, -0.2) is 0 Å². The number of hydrogen-bond acceptors (Lipinski definition) is 4. The van der Waals surface area contributed by atoms with E-state index in [0.29, 0.717) is 19.5 Å². The molecular weight excluding hydrogens is 282 g/mol. The Balaban J connectivity index is 2.21. The Labute approximate surface area is 131 Å². The highest BCUT2D eigenvalue weighted by molar-refractivity contribution is 5.96. The van der Waals surface area contributed by atoms with Crippen LogP contribution in [-0.2, 0) is 16.0 Å². The minimum absolute atomic E-state index is 0.133. The van der Waals surface area contributed by atoms with E-state index in [1.165, 1.54) is 0 Å². The molecule has 0 aliphatic carbocycles. The summed E-state index contributed by atoms with van der Waals surface area (Å²) in [5.41, 5.74) is 1.08. The molecule has 0 saturated heterocycles. The number of ether oxygens (including phenoxy) is 1. The lowest BCUT2D eigenvalue weighted by Crippen LogP contribution is -2.35. The maximum atomic E-state index is 11.7. The van der Waals surface area contributed by atoms with Gasteiger partial charge < -0.3 is 20.3 Å². The van der Waals surface area contributed by atoms with Crippen LogP contribution in [0.2, 0.25) is 0 Å². The zero-order chi connectivity index (χ0) is 16.4. The molecule has 0 aliphatic rings. The van der Waals surface area contributed by atoms with Gasteiger partial charge in [0, 0.05) is 19.6 Å². The summed E-state index contributed by atoms with van der Waals surface area (Å²) in [5, 5.41) is 5.46. The molecule has 0 unspecified atom stereocenters. The predicted octanol–water partition coefficient (Wildman–Crippen LogP) is 0.422. The van der Waals surface area contributed by atoms with Crippen LogP contribution < -0.4 is 15.4 Å². The highest BCUT2D eigenvalue weighted by Gasteiger charge is 2.08. The lowest BCUT2D eigenvalue weighted by molar-refractivity contribution is -0.129. The van der Waals surface area contributed by atoms with Crippen molar-refractivity contribution in [3.05, 3.63) is 29.8 Å². The average Bonchev–Trinajstić information content (AvgIpc) is 2.47. The summed E-state index contributed by atoms with van der Waals surface area (Å²) in [6, 6.07) is 7.69. The zero-order valence-corrected chi connectivity index (χ0v) is 13.5. The number of amides is 2. The van der Waals surface area contributed by atoms with E-state index < -0.39 is 0 Å². The fourth-order valence-electron chi connectivity index (χ4n) is 1.86. The Morgan fingerprint density at radius 1 is 1.14 bits per heavy atom. The van der Waals surface area contributed by atoms with Crippen LogP contribution in [0.15, 0.2) is 24.3 Å². The molecular formula is C16H25N3O3. The molecule has 6 heteroatoms. The van der Waals surface area contributed by atoms with Crippen LogP contribution in [0.5, 0.6) is 5.75 Å². The number of rotatable bonds is 9. The Morgan fingerprint density at radius 3 is 2.45 bits per heavy atom. The van der Waals surface area contributed by atoms with Gasteiger partial charge in [0.15, 0.2) is 0 Å². The number of hydrogen-bond donors (Lipinski definition) is 2. The van der Waals surface area contributed by atoms with Crippen LogP contribution in [0.4, 0.5) is 0 Å². The number of nitrogens with zero attached hydrogens (tertiary/aromatic N) is 1. The highest BCUT2D eigenvalue weighted by atomic mass is 16.5. The number of methoxy groups -OCH3 is 1. The molecule has 0 heterocycles. The molecule has 0 aliphatic heterocycles. The molecule has 0 saturated carbocycles. The van der Waals surface area contributed by atoms with Crippen molar-refractivity contribution < 1.29 is 14.3 Å². The second-order valence-electron chi connectivity index (χ2n) is 5.28. The van der Waals surface area contributed by atoms with Crippen molar-refractivity contribution in [1.29, 1.82) is 0 Å². The molecule has 0 aromatic heterocycles. The Bertz CT molecular complexity index is 489. The molecule has 1 aromatic rings. The van der Waals surface area contributed by atoms with Crippen LogP contribution in [-0.4, -0.2) is 57.6 Å². The minimum atomic E-state index is -0.259. The van der Waals surface area contributed by atoms with Gasteiger partial charge in [0.1, 0.15) is 12.2 Å². The second-order valence-corrected chi connectivity index (χ2v) is 5.28. The molecule has 0 spiro atoms. The lowest BCUT2D eigenvalue weighted by atomic mass is 10.1. The standard InChI is InChI=1S/C16H25N3O3/c1-19(2)10-9-18-16(21)12-15(20)17-8-7-13-5-4-6-14(11-13)22-3/h4-6,11H,7-10,12H2,1-3H3,(H,17,20)(H,18,21). The third-order valence-electron chi connectivity index (χ3n) is 3.07. The molecule has 6 nitrogen and oxygen atoms in total. The maximum absolute atomic E-state index is 11.7. The first kappa shape index (κ1) is 18.0. The second kappa shape index (κ2) is 9.78. The Hall–Kier alpha value is -2.08. The van der Waals surface area contributed by atoms with Gasteiger partial charge >= 0.3 is 0 Å². The van der Waals surface area contributed by atoms with Crippen LogP contribution in [0.25, 0.3) is 0 Å². The molecule has 22 heavy (non-hydrogen) atoms. The van der Waals surface area contributed by atoms with Gasteiger partial charge in [-0.3, -0.25) is 9.59 Å². The van der Waals surface area contributed by atoms with E-state index in [4.69, 9.17) is 4.74 Å². The van der Waals surface area contributed by atoms with Crippen molar-refractivity contribution in [1.82, 2.24) is 15.5 Å². The largest absolute Gasteiger partial charge is 0.497 e. The number of benzene rings is 1. The first-order chi connectivity index (χ1) is 10.5. The van der Waals surface area contributed by atoms with Crippen LogP contribution in [0, 0.1) is 0 Å². The third kappa shape index (κ3) is 7.64. The molecule has 0 atom stereocenters. The van der Waals surface area contributed by atoms with Crippen LogP contribution in [0.1, 0.15) is 12.0 Å². The molecule has 1 aromatic carbocycles. The van der Waals surface area contributed by atoms with Gasteiger partial charge in [-0.05, 0) is 38.2 Å². The molecule has 0 radical (unpaired) electrons. The quantitative estimate of drug-likeness (QED) is 0.649. The molecule has 122 valence electrons. The summed E-state index contributed by atoms with van der Waals surface area (Å²) in [5.74, 6) is 0.287. The lowest BCUT2D eigenvalue weighted by Gasteiger charge is -2.10. The summed E-state index contributed by atoms with van der Waals surface area (Å²) < 4.78 is 5.15. The third-order valence-corrected chi connectivity index (χ3v) is 3.07. The summed E-state index contributed by atoms with van der Waals surface area (Å²) >= 11 is 0.